The number of carbonyl (C=O) groups excluding carboxylic acids is 1. The first kappa shape index (κ1) is 14.7. The number of benzene rings is 1. The summed E-state index contributed by atoms with van der Waals surface area (Å²) in [6.45, 7) is 3.56. The van der Waals surface area contributed by atoms with Crippen LogP contribution in [0.2, 0.25) is 0 Å². The molecule has 1 fully saturated rings. The molecule has 2 amide bonds. The Bertz CT molecular complexity index is 468. The number of hydrogen-bond acceptors (Lipinski definition) is 3. The lowest BCUT2D eigenvalue weighted by atomic mass is 9.98. The highest BCUT2D eigenvalue weighted by molar-refractivity contribution is 5.89. The molecule has 2 N–H and O–H groups in total. The number of rotatable bonds is 3. The molecule has 1 aromatic carbocycles. The van der Waals surface area contributed by atoms with E-state index in [0.29, 0.717) is 19.0 Å². The largest absolute Gasteiger partial charge is 0.496 e. The van der Waals surface area contributed by atoms with Gasteiger partial charge in [0.15, 0.2) is 0 Å². The summed E-state index contributed by atoms with van der Waals surface area (Å²) in [4.78, 5) is 13.9. The zero-order chi connectivity index (χ0) is 14.5. The third kappa shape index (κ3) is 3.42. The predicted molar refractivity (Wildman–Crippen MR) is 78.1 cm³/mol. The topological polar surface area (TPSA) is 61.8 Å². The van der Waals surface area contributed by atoms with E-state index in [-0.39, 0.29) is 12.6 Å². The molecule has 0 aliphatic carbocycles. The van der Waals surface area contributed by atoms with E-state index in [1.807, 2.05) is 25.1 Å². The molecule has 0 bridgehead atoms. The third-order valence-corrected chi connectivity index (χ3v) is 3.81. The Hall–Kier alpha value is -1.75. The van der Waals surface area contributed by atoms with Crippen molar-refractivity contribution in [3.8, 4) is 5.75 Å². The van der Waals surface area contributed by atoms with Crippen LogP contribution < -0.4 is 10.1 Å². The fraction of sp³-hybridized carbons (Fsp3) is 0.533. The molecule has 0 aromatic heterocycles. The number of ether oxygens (including phenoxy) is 1. The van der Waals surface area contributed by atoms with Crippen molar-refractivity contribution in [2.45, 2.75) is 19.8 Å². The monoisotopic (exact) mass is 278 g/mol. The van der Waals surface area contributed by atoms with E-state index in [2.05, 4.69) is 5.32 Å². The summed E-state index contributed by atoms with van der Waals surface area (Å²) in [5.74, 6) is 1.15. The Kier molecular flexibility index (Phi) is 4.84. The third-order valence-electron chi connectivity index (χ3n) is 3.81. The lowest BCUT2D eigenvalue weighted by Crippen LogP contribution is -2.41. The second-order valence-electron chi connectivity index (χ2n) is 5.23. The molecule has 1 saturated heterocycles. The summed E-state index contributed by atoms with van der Waals surface area (Å²) in [5, 5.41) is 12.0. The van der Waals surface area contributed by atoms with Crippen LogP contribution in [0.1, 0.15) is 18.4 Å². The highest BCUT2D eigenvalue weighted by atomic mass is 16.5. The van der Waals surface area contributed by atoms with Crippen molar-refractivity contribution >= 4 is 11.7 Å². The van der Waals surface area contributed by atoms with E-state index in [1.165, 1.54) is 0 Å². The van der Waals surface area contributed by atoms with Gasteiger partial charge in [0.05, 0.1) is 7.11 Å². The summed E-state index contributed by atoms with van der Waals surface area (Å²) in [5.41, 5.74) is 1.77. The number of anilines is 1. The van der Waals surface area contributed by atoms with Gasteiger partial charge in [-0.2, -0.15) is 0 Å². The molecule has 0 unspecified atom stereocenters. The van der Waals surface area contributed by atoms with Crippen molar-refractivity contribution < 1.29 is 14.6 Å². The molecule has 0 saturated carbocycles. The maximum absolute atomic E-state index is 12.1. The second-order valence-corrected chi connectivity index (χ2v) is 5.23. The van der Waals surface area contributed by atoms with Gasteiger partial charge in [-0.15, -0.1) is 0 Å². The molecule has 5 heteroatoms. The van der Waals surface area contributed by atoms with Crippen LogP contribution in [0.5, 0.6) is 5.75 Å². The van der Waals surface area contributed by atoms with Crippen LogP contribution >= 0.6 is 0 Å². The SMILES string of the molecule is COc1ccc(NC(=O)N2CCC(CO)CC2)cc1C. The van der Waals surface area contributed by atoms with Crippen LogP contribution in [-0.4, -0.2) is 42.8 Å². The molecule has 0 atom stereocenters. The lowest BCUT2D eigenvalue weighted by Gasteiger charge is -2.31. The van der Waals surface area contributed by atoms with Crippen molar-refractivity contribution in [2.75, 3.05) is 32.1 Å². The van der Waals surface area contributed by atoms with E-state index in [4.69, 9.17) is 9.84 Å². The second kappa shape index (κ2) is 6.61. The molecule has 5 nitrogen and oxygen atoms in total. The van der Waals surface area contributed by atoms with Crippen LogP contribution in [0.4, 0.5) is 10.5 Å². The van der Waals surface area contributed by atoms with Gasteiger partial charge >= 0.3 is 6.03 Å². The molecule has 1 aliphatic rings. The highest BCUT2D eigenvalue weighted by Gasteiger charge is 2.22. The van der Waals surface area contributed by atoms with Crippen LogP contribution in [0.15, 0.2) is 18.2 Å². The molecule has 1 aliphatic heterocycles. The Labute approximate surface area is 119 Å². The van der Waals surface area contributed by atoms with Gasteiger partial charge in [-0.05, 0) is 49.4 Å². The molecule has 1 aromatic rings. The fourth-order valence-corrected chi connectivity index (χ4v) is 2.48. The zero-order valence-electron chi connectivity index (χ0n) is 12.1. The van der Waals surface area contributed by atoms with Gasteiger partial charge in [0.2, 0.25) is 0 Å². The number of carbonyl (C=O) groups is 1. The van der Waals surface area contributed by atoms with Crippen LogP contribution in [0.25, 0.3) is 0 Å². The van der Waals surface area contributed by atoms with Gasteiger partial charge < -0.3 is 20.1 Å². The van der Waals surface area contributed by atoms with Gasteiger partial charge in [0.1, 0.15) is 5.75 Å². The van der Waals surface area contributed by atoms with E-state index >= 15 is 0 Å². The quantitative estimate of drug-likeness (QED) is 0.891. The summed E-state index contributed by atoms with van der Waals surface area (Å²) < 4.78 is 5.20. The van der Waals surface area contributed by atoms with Crippen LogP contribution in [0.3, 0.4) is 0 Å². The van der Waals surface area contributed by atoms with Crippen molar-refractivity contribution in [3.05, 3.63) is 23.8 Å². The number of methoxy groups -OCH3 is 1. The number of amides is 2. The van der Waals surface area contributed by atoms with Gasteiger partial charge in [-0.25, -0.2) is 4.79 Å². The number of aliphatic hydroxyl groups is 1. The normalized spacial score (nSPS) is 16.1. The first-order valence-electron chi connectivity index (χ1n) is 6.95. The Morgan fingerprint density at radius 1 is 1.45 bits per heavy atom. The first-order valence-corrected chi connectivity index (χ1v) is 6.95. The Morgan fingerprint density at radius 2 is 2.15 bits per heavy atom. The minimum atomic E-state index is -0.0778. The highest BCUT2D eigenvalue weighted by Crippen LogP contribution is 2.22. The molecule has 20 heavy (non-hydrogen) atoms. The van der Waals surface area contributed by atoms with E-state index in [1.54, 1.807) is 12.0 Å². The molecular weight excluding hydrogens is 256 g/mol. The molecule has 0 radical (unpaired) electrons. The number of likely N-dealkylation sites (tertiary alicyclic amines) is 1. The molecule has 2 rings (SSSR count). The number of aryl methyl sites for hydroxylation is 1. The number of aliphatic hydroxyl groups excluding tert-OH is 1. The molecule has 0 spiro atoms. The fourth-order valence-electron chi connectivity index (χ4n) is 2.48. The van der Waals surface area contributed by atoms with Gasteiger partial charge in [-0.3, -0.25) is 0 Å². The number of piperidine rings is 1. The van der Waals surface area contributed by atoms with Crippen LogP contribution in [0, 0.1) is 12.8 Å². The van der Waals surface area contributed by atoms with Crippen molar-refractivity contribution in [1.29, 1.82) is 0 Å². The lowest BCUT2D eigenvalue weighted by molar-refractivity contribution is 0.143. The van der Waals surface area contributed by atoms with E-state index in [0.717, 1.165) is 29.8 Å². The molecular formula is C15H22N2O3. The van der Waals surface area contributed by atoms with Gasteiger partial charge in [0, 0.05) is 25.4 Å². The maximum Gasteiger partial charge on any atom is 0.321 e. The number of nitrogens with one attached hydrogen (secondary N) is 1. The smallest absolute Gasteiger partial charge is 0.321 e. The number of hydrogen-bond donors (Lipinski definition) is 2. The Balaban J connectivity index is 1.93. The first-order chi connectivity index (χ1) is 9.63. The number of urea groups is 1. The average molecular weight is 278 g/mol. The van der Waals surface area contributed by atoms with Crippen LogP contribution in [-0.2, 0) is 0 Å². The zero-order valence-corrected chi connectivity index (χ0v) is 12.1. The summed E-state index contributed by atoms with van der Waals surface area (Å²) in [6, 6.07) is 5.51. The number of nitrogens with zero attached hydrogens (tertiary/aromatic N) is 1. The molecule has 1 heterocycles. The van der Waals surface area contributed by atoms with Crippen molar-refractivity contribution in [2.24, 2.45) is 5.92 Å². The molecule has 110 valence electrons. The summed E-state index contributed by atoms with van der Waals surface area (Å²) in [7, 11) is 1.63. The Morgan fingerprint density at radius 3 is 2.70 bits per heavy atom. The van der Waals surface area contributed by atoms with E-state index < -0.39 is 0 Å². The maximum atomic E-state index is 12.1. The summed E-state index contributed by atoms with van der Waals surface area (Å²) >= 11 is 0. The van der Waals surface area contributed by atoms with Crippen molar-refractivity contribution in [3.63, 3.8) is 0 Å². The van der Waals surface area contributed by atoms with E-state index in [9.17, 15) is 4.79 Å². The minimum absolute atomic E-state index is 0.0778. The minimum Gasteiger partial charge on any atom is -0.496 e. The average Bonchev–Trinajstić information content (AvgIpc) is 2.47. The summed E-state index contributed by atoms with van der Waals surface area (Å²) in [6.07, 6.45) is 1.73. The predicted octanol–water partition coefficient (Wildman–Crippen LogP) is 2.24. The van der Waals surface area contributed by atoms with Gasteiger partial charge in [-0.1, -0.05) is 0 Å². The van der Waals surface area contributed by atoms with Gasteiger partial charge in [0.25, 0.3) is 0 Å². The van der Waals surface area contributed by atoms with Crippen molar-refractivity contribution in [1.82, 2.24) is 4.90 Å². The standard InChI is InChI=1S/C15H22N2O3/c1-11-9-13(3-4-14(11)20-2)16-15(19)17-7-5-12(10-18)6-8-17/h3-4,9,12,18H,5-8,10H2,1-2H3,(H,16,19).